The number of hydrogen-bond acceptors (Lipinski definition) is 4. The molecule has 1 atom stereocenters. The second-order valence-electron chi connectivity index (χ2n) is 4.54. The van der Waals surface area contributed by atoms with Crippen LogP contribution in [0.3, 0.4) is 0 Å². The first-order valence-corrected chi connectivity index (χ1v) is 8.04. The molecule has 1 heterocycles. The quantitative estimate of drug-likeness (QED) is 0.868. The molecule has 5 nitrogen and oxygen atoms in total. The van der Waals surface area contributed by atoms with E-state index in [1.807, 2.05) is 18.2 Å². The fraction of sp³-hybridized carbons (Fsp3) is 0.385. The molecule has 0 fully saturated rings. The van der Waals surface area contributed by atoms with Crippen LogP contribution in [0.15, 0.2) is 36.6 Å². The molecule has 104 valence electrons. The molecule has 1 aromatic rings. The smallest absolute Gasteiger partial charge is 0.229 e. The first-order chi connectivity index (χ1) is 9.03. The third kappa shape index (κ3) is 4.82. The van der Waals surface area contributed by atoms with Crippen LogP contribution in [-0.2, 0) is 14.8 Å². The number of allylic oxidation sites excluding steroid dienone is 1. The maximum Gasteiger partial charge on any atom is 0.229 e. The molecule has 0 spiro atoms. The molecule has 0 radical (unpaired) electrons. The highest BCUT2D eigenvalue weighted by molar-refractivity contribution is 7.92. The molecule has 0 saturated heterocycles. The van der Waals surface area contributed by atoms with Crippen LogP contribution < -0.4 is 10.0 Å². The Hall–Kier alpha value is -1.69. The van der Waals surface area contributed by atoms with Gasteiger partial charge in [0.15, 0.2) is 0 Å². The molecule has 19 heavy (non-hydrogen) atoms. The standard InChI is InChI=1S/C13H18N2O3S/c1-19(16,17)15-12-7-5-11(6-8-12)14-10-13-4-2-3-9-18-13/h3,5-9,13-15H,2,4,10H2,1H3. The number of rotatable bonds is 5. The number of benzene rings is 1. The largest absolute Gasteiger partial charge is 0.497 e. The first kappa shape index (κ1) is 13.7. The van der Waals surface area contributed by atoms with Gasteiger partial charge in [-0.2, -0.15) is 0 Å². The molecule has 0 aliphatic carbocycles. The number of sulfonamides is 1. The summed E-state index contributed by atoms with van der Waals surface area (Å²) >= 11 is 0. The second kappa shape index (κ2) is 5.97. The normalized spacial score (nSPS) is 18.7. The Labute approximate surface area is 113 Å². The van der Waals surface area contributed by atoms with Crippen molar-refractivity contribution < 1.29 is 13.2 Å². The van der Waals surface area contributed by atoms with Crippen molar-refractivity contribution in [2.24, 2.45) is 0 Å². The van der Waals surface area contributed by atoms with Crippen LogP contribution >= 0.6 is 0 Å². The Morgan fingerprint density at radius 1 is 1.26 bits per heavy atom. The molecular weight excluding hydrogens is 264 g/mol. The van der Waals surface area contributed by atoms with Crippen molar-refractivity contribution in [3.05, 3.63) is 36.6 Å². The maximum absolute atomic E-state index is 11.1. The van der Waals surface area contributed by atoms with Crippen LogP contribution in [-0.4, -0.2) is 27.3 Å². The third-order valence-corrected chi connectivity index (χ3v) is 3.35. The van der Waals surface area contributed by atoms with Gasteiger partial charge in [0.1, 0.15) is 6.10 Å². The van der Waals surface area contributed by atoms with E-state index in [4.69, 9.17) is 4.74 Å². The van der Waals surface area contributed by atoms with E-state index in [1.165, 1.54) is 0 Å². The fourth-order valence-corrected chi connectivity index (χ4v) is 2.40. The summed E-state index contributed by atoms with van der Waals surface area (Å²) in [5.41, 5.74) is 1.50. The summed E-state index contributed by atoms with van der Waals surface area (Å²) < 4.78 is 30.0. The van der Waals surface area contributed by atoms with Crippen molar-refractivity contribution in [1.29, 1.82) is 0 Å². The van der Waals surface area contributed by atoms with Gasteiger partial charge in [-0.25, -0.2) is 8.42 Å². The summed E-state index contributed by atoms with van der Waals surface area (Å²) in [4.78, 5) is 0. The molecular formula is C13H18N2O3S. The van der Waals surface area contributed by atoms with E-state index < -0.39 is 10.0 Å². The fourth-order valence-electron chi connectivity index (χ4n) is 1.84. The molecule has 1 aromatic carbocycles. The molecule has 0 saturated carbocycles. The van der Waals surface area contributed by atoms with Crippen LogP contribution in [0.5, 0.6) is 0 Å². The summed E-state index contributed by atoms with van der Waals surface area (Å²) in [7, 11) is -3.22. The van der Waals surface area contributed by atoms with Gasteiger partial charge < -0.3 is 10.1 Å². The van der Waals surface area contributed by atoms with E-state index in [9.17, 15) is 8.42 Å². The predicted molar refractivity (Wildman–Crippen MR) is 76.6 cm³/mol. The van der Waals surface area contributed by atoms with Gasteiger partial charge in [0.25, 0.3) is 0 Å². The molecule has 1 aliphatic rings. The van der Waals surface area contributed by atoms with Crippen molar-refractivity contribution in [3.8, 4) is 0 Å². The maximum atomic E-state index is 11.1. The monoisotopic (exact) mass is 282 g/mol. The predicted octanol–water partition coefficient (Wildman–Crippen LogP) is 2.16. The van der Waals surface area contributed by atoms with Gasteiger partial charge in [0, 0.05) is 11.4 Å². The lowest BCUT2D eigenvalue weighted by Gasteiger charge is -2.20. The van der Waals surface area contributed by atoms with Gasteiger partial charge >= 0.3 is 0 Å². The topological polar surface area (TPSA) is 67.4 Å². The molecule has 1 unspecified atom stereocenters. The lowest BCUT2D eigenvalue weighted by Crippen LogP contribution is -2.22. The molecule has 6 heteroatoms. The molecule has 0 bridgehead atoms. The highest BCUT2D eigenvalue weighted by Crippen LogP contribution is 2.16. The van der Waals surface area contributed by atoms with E-state index in [-0.39, 0.29) is 6.10 Å². The lowest BCUT2D eigenvalue weighted by atomic mass is 10.1. The first-order valence-electron chi connectivity index (χ1n) is 6.15. The van der Waals surface area contributed by atoms with Crippen molar-refractivity contribution in [3.63, 3.8) is 0 Å². The Morgan fingerprint density at radius 2 is 1.95 bits per heavy atom. The van der Waals surface area contributed by atoms with E-state index >= 15 is 0 Å². The van der Waals surface area contributed by atoms with Crippen molar-refractivity contribution >= 4 is 21.4 Å². The van der Waals surface area contributed by atoms with E-state index in [0.717, 1.165) is 31.3 Å². The molecule has 2 rings (SSSR count). The van der Waals surface area contributed by atoms with Gasteiger partial charge in [-0.1, -0.05) is 0 Å². The van der Waals surface area contributed by atoms with Gasteiger partial charge in [-0.15, -0.1) is 0 Å². The highest BCUT2D eigenvalue weighted by Gasteiger charge is 2.10. The Kier molecular flexibility index (Phi) is 4.31. The molecule has 2 N–H and O–H groups in total. The number of anilines is 2. The number of ether oxygens (including phenoxy) is 1. The van der Waals surface area contributed by atoms with Crippen LogP contribution in [0.25, 0.3) is 0 Å². The minimum Gasteiger partial charge on any atom is -0.497 e. The van der Waals surface area contributed by atoms with Crippen molar-refractivity contribution in [1.82, 2.24) is 0 Å². The Balaban J connectivity index is 1.86. The SMILES string of the molecule is CS(=O)(=O)Nc1ccc(NCC2CCC=CO2)cc1. The van der Waals surface area contributed by atoms with E-state index in [1.54, 1.807) is 18.4 Å². The zero-order valence-electron chi connectivity index (χ0n) is 10.8. The summed E-state index contributed by atoms with van der Waals surface area (Å²) in [5, 5.41) is 3.27. The minimum atomic E-state index is -3.22. The van der Waals surface area contributed by atoms with Crippen LogP contribution in [0.2, 0.25) is 0 Å². The zero-order chi connectivity index (χ0) is 13.7. The molecule has 0 aromatic heterocycles. The zero-order valence-corrected chi connectivity index (χ0v) is 11.6. The van der Waals surface area contributed by atoms with Gasteiger partial charge in [-0.05, 0) is 43.2 Å². The van der Waals surface area contributed by atoms with Crippen molar-refractivity contribution in [2.75, 3.05) is 22.8 Å². The lowest BCUT2D eigenvalue weighted by molar-refractivity contribution is 0.135. The minimum absolute atomic E-state index is 0.193. The van der Waals surface area contributed by atoms with Gasteiger partial charge in [-0.3, -0.25) is 4.72 Å². The van der Waals surface area contributed by atoms with Crippen LogP contribution in [0.4, 0.5) is 11.4 Å². The van der Waals surface area contributed by atoms with E-state index in [2.05, 4.69) is 10.0 Å². The number of hydrogen-bond donors (Lipinski definition) is 2. The Morgan fingerprint density at radius 3 is 2.53 bits per heavy atom. The summed E-state index contributed by atoms with van der Waals surface area (Å²) in [6, 6.07) is 7.13. The van der Waals surface area contributed by atoms with Crippen LogP contribution in [0.1, 0.15) is 12.8 Å². The van der Waals surface area contributed by atoms with Crippen LogP contribution in [0, 0.1) is 0 Å². The summed E-state index contributed by atoms with van der Waals surface area (Å²) in [6.45, 7) is 0.739. The van der Waals surface area contributed by atoms with E-state index in [0.29, 0.717) is 5.69 Å². The number of nitrogens with one attached hydrogen (secondary N) is 2. The second-order valence-corrected chi connectivity index (χ2v) is 6.29. The van der Waals surface area contributed by atoms with Gasteiger partial charge in [0.05, 0.1) is 19.1 Å². The average molecular weight is 282 g/mol. The van der Waals surface area contributed by atoms with Gasteiger partial charge in [0.2, 0.25) is 10.0 Å². The molecule has 0 amide bonds. The van der Waals surface area contributed by atoms with Crippen molar-refractivity contribution in [2.45, 2.75) is 18.9 Å². The summed E-state index contributed by atoms with van der Waals surface area (Å²) in [6.07, 6.45) is 7.14. The highest BCUT2D eigenvalue weighted by atomic mass is 32.2. The third-order valence-electron chi connectivity index (χ3n) is 2.74. The summed E-state index contributed by atoms with van der Waals surface area (Å²) in [5.74, 6) is 0. The Bertz CT molecular complexity index is 538. The molecule has 1 aliphatic heterocycles. The average Bonchev–Trinajstić information content (AvgIpc) is 2.37.